The standard InChI is InChI=1S/C12H11ClN4O4S/c13-7-4-5-8(10(18)11(7)22(14,20)21)16-12(19)17-9-3-1-2-6-15-9/h1-6,18H,(H2,14,20,21)(H2,15,16,17,19). The van der Waals surface area contributed by atoms with Gasteiger partial charge in [-0.1, -0.05) is 17.7 Å². The number of phenolic OH excluding ortho intramolecular Hbond substituents is 1. The number of pyridine rings is 1. The molecule has 8 nitrogen and oxygen atoms in total. The zero-order valence-corrected chi connectivity index (χ0v) is 12.5. The second kappa shape index (κ2) is 6.18. The molecular weight excluding hydrogens is 332 g/mol. The maximum absolute atomic E-state index is 11.8. The maximum atomic E-state index is 11.8. The molecule has 0 saturated heterocycles. The van der Waals surface area contributed by atoms with Crippen LogP contribution < -0.4 is 15.8 Å². The molecule has 0 saturated carbocycles. The number of halogens is 1. The summed E-state index contributed by atoms with van der Waals surface area (Å²) in [7, 11) is -4.25. The van der Waals surface area contributed by atoms with Gasteiger partial charge in [-0.25, -0.2) is 23.3 Å². The summed E-state index contributed by atoms with van der Waals surface area (Å²) in [6.45, 7) is 0. The topological polar surface area (TPSA) is 134 Å². The molecule has 22 heavy (non-hydrogen) atoms. The monoisotopic (exact) mass is 342 g/mol. The Labute approximate surface area is 131 Å². The normalized spacial score (nSPS) is 11.0. The number of urea groups is 1. The summed E-state index contributed by atoms with van der Waals surface area (Å²) < 4.78 is 22.8. The Morgan fingerprint density at radius 3 is 2.55 bits per heavy atom. The number of aromatic nitrogens is 1. The van der Waals surface area contributed by atoms with Crippen molar-refractivity contribution in [3.8, 4) is 5.75 Å². The number of carbonyl (C=O) groups excluding carboxylic acids is 1. The third-order valence-corrected chi connectivity index (χ3v) is 3.93. The van der Waals surface area contributed by atoms with Gasteiger partial charge in [-0.2, -0.15) is 0 Å². The molecule has 5 N–H and O–H groups in total. The molecule has 116 valence electrons. The SMILES string of the molecule is NS(=O)(=O)c1c(Cl)ccc(NC(=O)Nc2ccccn2)c1O. The van der Waals surface area contributed by atoms with E-state index in [9.17, 15) is 18.3 Å². The molecule has 0 aliphatic heterocycles. The van der Waals surface area contributed by atoms with Gasteiger partial charge in [0.1, 0.15) is 10.7 Å². The largest absolute Gasteiger partial charge is 0.504 e. The Morgan fingerprint density at radius 2 is 1.95 bits per heavy atom. The summed E-state index contributed by atoms with van der Waals surface area (Å²) in [6.07, 6.45) is 1.48. The predicted molar refractivity (Wildman–Crippen MR) is 81.4 cm³/mol. The van der Waals surface area contributed by atoms with Crippen LogP contribution in [0.5, 0.6) is 5.75 Å². The fourth-order valence-corrected chi connectivity index (χ4v) is 2.82. The smallest absolute Gasteiger partial charge is 0.324 e. The van der Waals surface area contributed by atoms with Crippen molar-refractivity contribution in [1.29, 1.82) is 0 Å². The molecule has 0 unspecified atom stereocenters. The number of nitrogens with zero attached hydrogens (tertiary/aromatic N) is 1. The van der Waals surface area contributed by atoms with E-state index in [0.29, 0.717) is 0 Å². The Hall–Kier alpha value is -2.36. The van der Waals surface area contributed by atoms with E-state index in [1.54, 1.807) is 18.2 Å². The fourth-order valence-electron chi connectivity index (χ4n) is 1.62. The average Bonchev–Trinajstić information content (AvgIpc) is 2.42. The van der Waals surface area contributed by atoms with E-state index in [4.69, 9.17) is 16.7 Å². The van der Waals surface area contributed by atoms with Gasteiger partial charge >= 0.3 is 6.03 Å². The first kappa shape index (κ1) is 16.0. The summed E-state index contributed by atoms with van der Waals surface area (Å²) in [5, 5.41) is 19.3. The summed E-state index contributed by atoms with van der Waals surface area (Å²) in [5.41, 5.74) is -0.165. The number of benzene rings is 1. The molecule has 0 spiro atoms. The Balaban J connectivity index is 2.26. The van der Waals surface area contributed by atoms with Crippen LogP contribution in [0.1, 0.15) is 0 Å². The number of anilines is 2. The lowest BCUT2D eigenvalue weighted by Gasteiger charge is -2.11. The molecule has 0 aliphatic rings. The van der Waals surface area contributed by atoms with Crippen LogP contribution >= 0.6 is 11.6 Å². The number of hydrogen-bond acceptors (Lipinski definition) is 5. The number of phenols is 1. The molecule has 0 fully saturated rings. The molecular formula is C12H11ClN4O4S. The van der Waals surface area contributed by atoms with Gasteiger partial charge in [0, 0.05) is 6.20 Å². The van der Waals surface area contributed by atoms with Gasteiger partial charge < -0.3 is 10.4 Å². The fraction of sp³-hybridized carbons (Fsp3) is 0. The van der Waals surface area contributed by atoms with Crippen LogP contribution in [0.2, 0.25) is 5.02 Å². The van der Waals surface area contributed by atoms with Crippen molar-refractivity contribution in [2.45, 2.75) is 4.90 Å². The van der Waals surface area contributed by atoms with Gasteiger partial charge in [0.05, 0.1) is 10.7 Å². The molecule has 0 atom stereocenters. The van der Waals surface area contributed by atoms with Crippen LogP contribution in [0.25, 0.3) is 0 Å². The number of amides is 2. The first-order chi connectivity index (χ1) is 10.3. The lowest BCUT2D eigenvalue weighted by molar-refractivity contribution is 0.262. The minimum Gasteiger partial charge on any atom is -0.504 e. The zero-order chi connectivity index (χ0) is 16.3. The minimum absolute atomic E-state index is 0.165. The van der Waals surface area contributed by atoms with Gasteiger partial charge in [-0.15, -0.1) is 0 Å². The Kier molecular flexibility index (Phi) is 4.50. The molecule has 0 bridgehead atoms. The highest BCUT2D eigenvalue weighted by molar-refractivity contribution is 7.89. The summed E-state index contributed by atoms with van der Waals surface area (Å²) in [6, 6.07) is 6.60. The number of nitrogens with one attached hydrogen (secondary N) is 2. The van der Waals surface area contributed by atoms with E-state index < -0.39 is 26.7 Å². The van der Waals surface area contributed by atoms with E-state index in [1.807, 2.05) is 0 Å². The van der Waals surface area contributed by atoms with Crippen LogP contribution in [-0.2, 0) is 10.0 Å². The summed E-state index contributed by atoms with van der Waals surface area (Å²) >= 11 is 5.69. The average molecular weight is 343 g/mol. The maximum Gasteiger partial charge on any atom is 0.324 e. The van der Waals surface area contributed by atoms with Gasteiger partial charge in [-0.3, -0.25) is 5.32 Å². The van der Waals surface area contributed by atoms with Crippen LogP contribution in [0, 0.1) is 0 Å². The van der Waals surface area contributed by atoms with Crippen molar-refractivity contribution in [2.75, 3.05) is 10.6 Å². The molecule has 1 heterocycles. The van der Waals surface area contributed by atoms with Crippen molar-refractivity contribution < 1.29 is 18.3 Å². The van der Waals surface area contributed by atoms with Gasteiger partial charge in [0.25, 0.3) is 0 Å². The van der Waals surface area contributed by atoms with Gasteiger partial charge in [0.15, 0.2) is 5.75 Å². The highest BCUT2D eigenvalue weighted by Crippen LogP contribution is 2.36. The van der Waals surface area contributed by atoms with Gasteiger partial charge in [0.2, 0.25) is 10.0 Å². The van der Waals surface area contributed by atoms with Crippen molar-refractivity contribution in [1.82, 2.24) is 4.98 Å². The van der Waals surface area contributed by atoms with Crippen LogP contribution in [0.4, 0.5) is 16.3 Å². The predicted octanol–water partition coefficient (Wildman–Crippen LogP) is 1.73. The molecule has 2 amide bonds. The van der Waals surface area contributed by atoms with Crippen LogP contribution in [0.3, 0.4) is 0 Å². The Bertz CT molecular complexity index is 811. The van der Waals surface area contributed by atoms with E-state index in [2.05, 4.69) is 15.6 Å². The van der Waals surface area contributed by atoms with Crippen LogP contribution in [-0.4, -0.2) is 24.5 Å². The lowest BCUT2D eigenvalue weighted by atomic mass is 10.3. The van der Waals surface area contributed by atoms with Crippen molar-refractivity contribution in [3.63, 3.8) is 0 Å². The van der Waals surface area contributed by atoms with E-state index in [-0.39, 0.29) is 16.5 Å². The number of rotatable bonds is 3. The molecule has 1 aromatic carbocycles. The van der Waals surface area contributed by atoms with E-state index in [1.165, 1.54) is 18.3 Å². The van der Waals surface area contributed by atoms with E-state index in [0.717, 1.165) is 0 Å². The molecule has 1 aromatic heterocycles. The molecule has 2 aromatic rings. The number of aromatic hydroxyl groups is 1. The van der Waals surface area contributed by atoms with Crippen molar-refractivity contribution in [2.24, 2.45) is 5.14 Å². The quantitative estimate of drug-likeness (QED) is 0.630. The molecule has 0 radical (unpaired) electrons. The third-order valence-electron chi connectivity index (χ3n) is 2.52. The Morgan fingerprint density at radius 1 is 1.23 bits per heavy atom. The third kappa shape index (κ3) is 3.64. The molecule has 2 rings (SSSR count). The van der Waals surface area contributed by atoms with E-state index >= 15 is 0 Å². The second-order valence-corrected chi connectivity index (χ2v) is 6.02. The lowest BCUT2D eigenvalue weighted by Crippen LogP contribution is -2.21. The van der Waals surface area contributed by atoms with Crippen molar-refractivity contribution >= 4 is 39.2 Å². The highest BCUT2D eigenvalue weighted by atomic mass is 35.5. The minimum atomic E-state index is -4.25. The molecule has 10 heteroatoms. The highest BCUT2D eigenvalue weighted by Gasteiger charge is 2.22. The first-order valence-electron chi connectivity index (χ1n) is 5.82. The van der Waals surface area contributed by atoms with Crippen molar-refractivity contribution in [3.05, 3.63) is 41.6 Å². The zero-order valence-electron chi connectivity index (χ0n) is 10.9. The van der Waals surface area contributed by atoms with Gasteiger partial charge in [-0.05, 0) is 24.3 Å². The summed E-state index contributed by atoms with van der Waals surface area (Å²) in [5.74, 6) is -0.466. The number of carbonyl (C=O) groups is 1. The number of hydrogen-bond donors (Lipinski definition) is 4. The molecule has 0 aliphatic carbocycles. The second-order valence-electron chi connectivity index (χ2n) is 4.11. The summed E-state index contributed by atoms with van der Waals surface area (Å²) in [4.78, 5) is 15.0. The number of sulfonamides is 1. The number of primary sulfonamides is 1. The van der Waals surface area contributed by atoms with Crippen LogP contribution in [0.15, 0.2) is 41.4 Å². The first-order valence-corrected chi connectivity index (χ1v) is 7.75. The number of nitrogens with two attached hydrogens (primary N) is 1.